The highest BCUT2D eigenvalue weighted by molar-refractivity contribution is 7.99. The zero-order chi connectivity index (χ0) is 11.4. The van der Waals surface area contributed by atoms with Gasteiger partial charge in [-0.05, 0) is 25.7 Å². The van der Waals surface area contributed by atoms with E-state index in [4.69, 9.17) is 9.84 Å². The minimum Gasteiger partial charge on any atom is -0.394 e. The number of ether oxygens (including phenoxy) is 1. The smallest absolute Gasteiger partial charge is 0.0861 e. The van der Waals surface area contributed by atoms with E-state index in [1.807, 2.05) is 0 Å². The lowest BCUT2D eigenvalue weighted by molar-refractivity contribution is -0.0704. The van der Waals surface area contributed by atoms with Crippen molar-refractivity contribution in [2.75, 3.05) is 19.0 Å². The zero-order valence-electron chi connectivity index (χ0n) is 9.73. The lowest BCUT2D eigenvalue weighted by Crippen LogP contribution is -2.38. The highest BCUT2D eigenvalue weighted by Crippen LogP contribution is 2.42. The van der Waals surface area contributed by atoms with E-state index in [2.05, 4.69) is 0 Å². The lowest BCUT2D eigenvalue weighted by Gasteiger charge is -2.38. The molecule has 2 rings (SSSR count). The average Bonchev–Trinajstić information content (AvgIpc) is 2.74. The topological polar surface area (TPSA) is 49.7 Å². The Hall–Kier alpha value is 0.230. The first-order chi connectivity index (χ1) is 7.74. The van der Waals surface area contributed by atoms with Crippen LogP contribution in [-0.2, 0) is 4.74 Å². The molecule has 1 saturated heterocycles. The number of hydrogen-bond donors (Lipinski definition) is 2. The van der Waals surface area contributed by atoms with Crippen LogP contribution >= 0.6 is 11.8 Å². The molecule has 0 aromatic carbocycles. The van der Waals surface area contributed by atoms with Crippen molar-refractivity contribution in [3.63, 3.8) is 0 Å². The first kappa shape index (κ1) is 12.7. The summed E-state index contributed by atoms with van der Waals surface area (Å²) in [4.78, 5) is 0. The van der Waals surface area contributed by atoms with E-state index in [0.29, 0.717) is 11.0 Å². The minimum absolute atomic E-state index is 0.124. The fourth-order valence-corrected chi connectivity index (χ4v) is 4.08. The average molecular weight is 246 g/mol. The highest BCUT2D eigenvalue weighted by Gasteiger charge is 2.39. The molecule has 0 amide bonds. The van der Waals surface area contributed by atoms with Crippen molar-refractivity contribution in [1.82, 2.24) is 0 Å². The Morgan fingerprint density at radius 3 is 2.81 bits per heavy atom. The van der Waals surface area contributed by atoms with Gasteiger partial charge in [0.1, 0.15) is 0 Å². The molecular formula is C12H22O3S. The number of thioether (sulfide) groups is 1. The van der Waals surface area contributed by atoms with Crippen molar-refractivity contribution in [1.29, 1.82) is 0 Å². The third-order valence-electron chi connectivity index (χ3n) is 3.70. The van der Waals surface area contributed by atoms with Crippen LogP contribution in [0.5, 0.6) is 0 Å². The molecule has 0 aromatic rings. The fraction of sp³-hybridized carbons (Fsp3) is 1.00. The Balaban J connectivity index is 1.78. The summed E-state index contributed by atoms with van der Waals surface area (Å²) in [6.07, 6.45) is 6.69. The van der Waals surface area contributed by atoms with Crippen molar-refractivity contribution < 1.29 is 14.9 Å². The van der Waals surface area contributed by atoms with Crippen molar-refractivity contribution >= 4 is 11.8 Å². The van der Waals surface area contributed by atoms with E-state index < -0.39 is 6.10 Å². The summed E-state index contributed by atoms with van der Waals surface area (Å²) in [5.74, 6) is 0.650. The molecule has 2 aliphatic rings. The molecule has 2 atom stereocenters. The second-order valence-corrected chi connectivity index (χ2v) is 6.36. The first-order valence-electron chi connectivity index (χ1n) is 6.29. The monoisotopic (exact) mass is 246 g/mol. The maximum Gasteiger partial charge on any atom is 0.0861 e. The first-order valence-corrected chi connectivity index (χ1v) is 7.33. The van der Waals surface area contributed by atoms with Crippen LogP contribution in [0.3, 0.4) is 0 Å². The standard InChI is InChI=1S/C12H22O3S/c13-8-10(14)9-16-11-3-6-15-12(7-11)4-1-2-5-12/h10-11,13-14H,1-9H2. The summed E-state index contributed by atoms with van der Waals surface area (Å²) in [5, 5.41) is 18.7. The molecule has 1 aliphatic heterocycles. The van der Waals surface area contributed by atoms with Gasteiger partial charge in [0.2, 0.25) is 0 Å². The van der Waals surface area contributed by atoms with Gasteiger partial charge in [0.05, 0.1) is 18.3 Å². The van der Waals surface area contributed by atoms with Crippen LogP contribution in [0, 0.1) is 0 Å². The van der Waals surface area contributed by atoms with E-state index in [0.717, 1.165) is 19.4 Å². The van der Waals surface area contributed by atoms with E-state index in [1.54, 1.807) is 11.8 Å². The molecule has 1 saturated carbocycles. The normalized spacial score (nSPS) is 30.8. The molecule has 0 radical (unpaired) electrons. The molecule has 1 aliphatic carbocycles. The van der Waals surface area contributed by atoms with Crippen LogP contribution < -0.4 is 0 Å². The molecule has 2 unspecified atom stereocenters. The highest BCUT2D eigenvalue weighted by atomic mass is 32.2. The van der Waals surface area contributed by atoms with Gasteiger partial charge in [-0.3, -0.25) is 0 Å². The quantitative estimate of drug-likeness (QED) is 0.790. The fourth-order valence-electron chi connectivity index (χ4n) is 2.79. The molecule has 94 valence electrons. The molecule has 0 bridgehead atoms. The summed E-state index contributed by atoms with van der Waals surface area (Å²) in [7, 11) is 0. The summed E-state index contributed by atoms with van der Waals surface area (Å²) in [6.45, 7) is 0.744. The summed E-state index contributed by atoms with van der Waals surface area (Å²) in [5.41, 5.74) is 0.167. The maximum atomic E-state index is 9.34. The molecular weight excluding hydrogens is 224 g/mol. The Labute approximate surface area is 102 Å². The van der Waals surface area contributed by atoms with Gasteiger partial charge in [-0.25, -0.2) is 0 Å². The SMILES string of the molecule is OCC(O)CSC1CCOC2(CCCC2)C1. The Kier molecular flexibility index (Phi) is 4.53. The van der Waals surface area contributed by atoms with Crippen LogP contribution in [0.1, 0.15) is 38.5 Å². The largest absolute Gasteiger partial charge is 0.394 e. The molecule has 2 fully saturated rings. The maximum absolute atomic E-state index is 9.34. The molecule has 1 spiro atoms. The van der Waals surface area contributed by atoms with Crippen LogP contribution in [0.2, 0.25) is 0 Å². The van der Waals surface area contributed by atoms with Gasteiger partial charge in [0.15, 0.2) is 0 Å². The Morgan fingerprint density at radius 2 is 2.12 bits per heavy atom. The van der Waals surface area contributed by atoms with E-state index in [1.165, 1.54) is 25.7 Å². The van der Waals surface area contributed by atoms with E-state index in [-0.39, 0.29) is 12.2 Å². The zero-order valence-corrected chi connectivity index (χ0v) is 10.5. The predicted octanol–water partition coefficient (Wildman–Crippen LogP) is 1.56. The van der Waals surface area contributed by atoms with Crippen LogP contribution in [0.15, 0.2) is 0 Å². The molecule has 4 heteroatoms. The number of rotatable bonds is 4. The van der Waals surface area contributed by atoms with Crippen molar-refractivity contribution in [3.8, 4) is 0 Å². The lowest BCUT2D eigenvalue weighted by atomic mass is 9.92. The summed E-state index contributed by atoms with van der Waals surface area (Å²) >= 11 is 1.80. The van der Waals surface area contributed by atoms with Crippen molar-refractivity contribution in [2.24, 2.45) is 0 Å². The van der Waals surface area contributed by atoms with Gasteiger partial charge in [0.25, 0.3) is 0 Å². The molecule has 16 heavy (non-hydrogen) atoms. The van der Waals surface area contributed by atoms with Gasteiger partial charge >= 0.3 is 0 Å². The van der Waals surface area contributed by atoms with E-state index >= 15 is 0 Å². The van der Waals surface area contributed by atoms with Crippen molar-refractivity contribution in [3.05, 3.63) is 0 Å². The predicted molar refractivity (Wildman–Crippen MR) is 65.7 cm³/mol. The third kappa shape index (κ3) is 3.13. The molecule has 1 heterocycles. The van der Waals surface area contributed by atoms with Crippen molar-refractivity contribution in [2.45, 2.75) is 55.5 Å². The Morgan fingerprint density at radius 1 is 1.38 bits per heavy atom. The number of aliphatic hydroxyl groups excluding tert-OH is 2. The van der Waals surface area contributed by atoms with Crippen LogP contribution in [-0.4, -0.2) is 46.1 Å². The summed E-state index contributed by atoms with van der Waals surface area (Å²) in [6, 6.07) is 0. The van der Waals surface area contributed by atoms with E-state index in [9.17, 15) is 5.11 Å². The molecule has 2 N–H and O–H groups in total. The van der Waals surface area contributed by atoms with Gasteiger partial charge < -0.3 is 14.9 Å². The second-order valence-electron chi connectivity index (χ2n) is 5.02. The second kappa shape index (κ2) is 5.71. The number of aliphatic hydroxyl groups is 2. The van der Waals surface area contributed by atoms with Crippen LogP contribution in [0.4, 0.5) is 0 Å². The number of hydrogen-bond acceptors (Lipinski definition) is 4. The van der Waals surface area contributed by atoms with Gasteiger partial charge in [-0.15, -0.1) is 0 Å². The molecule has 0 aromatic heterocycles. The minimum atomic E-state index is -0.563. The molecule has 3 nitrogen and oxygen atoms in total. The third-order valence-corrected chi connectivity index (χ3v) is 5.15. The summed E-state index contributed by atoms with van der Waals surface area (Å²) < 4.78 is 5.96. The Bertz CT molecular complexity index is 216. The van der Waals surface area contributed by atoms with Gasteiger partial charge in [-0.2, -0.15) is 11.8 Å². The van der Waals surface area contributed by atoms with Crippen LogP contribution in [0.25, 0.3) is 0 Å². The van der Waals surface area contributed by atoms with Gasteiger partial charge in [0, 0.05) is 17.6 Å². The van der Waals surface area contributed by atoms with Gasteiger partial charge in [-0.1, -0.05) is 12.8 Å².